The van der Waals surface area contributed by atoms with Crippen LogP contribution in [-0.4, -0.2) is 23.2 Å². The van der Waals surface area contributed by atoms with Gasteiger partial charge in [-0.3, -0.25) is 10.1 Å². The molecule has 7 nitrogen and oxygen atoms in total. The van der Waals surface area contributed by atoms with E-state index in [0.29, 0.717) is 5.69 Å². The largest absolute Gasteiger partial charge is 0.462 e. The fraction of sp³-hybridized carbons (Fsp3) is 0.273. The Morgan fingerprint density at radius 1 is 1.56 bits per heavy atom. The molecule has 0 radical (unpaired) electrons. The molecular formula is C11H13N3O4. The molecule has 1 aromatic rings. The fourth-order valence-corrected chi connectivity index (χ4v) is 1.22. The van der Waals surface area contributed by atoms with Crippen molar-refractivity contribution in [2.45, 2.75) is 13.8 Å². The summed E-state index contributed by atoms with van der Waals surface area (Å²) in [7, 11) is 0. The summed E-state index contributed by atoms with van der Waals surface area (Å²) in [5, 5.41) is 10.5. The Bertz CT molecular complexity index is 511. The number of non-ortho nitro benzene ring substituents is 1. The van der Waals surface area contributed by atoms with Crippen molar-refractivity contribution in [3.05, 3.63) is 28.3 Å². The summed E-state index contributed by atoms with van der Waals surface area (Å²) in [5.74, 6) is -0.546. The number of nitro groups is 1. The fourth-order valence-electron chi connectivity index (χ4n) is 1.22. The van der Waals surface area contributed by atoms with E-state index in [1.807, 2.05) is 0 Å². The molecule has 2 N–H and O–H groups in total. The third-order valence-electron chi connectivity index (χ3n) is 2.08. The van der Waals surface area contributed by atoms with Crippen molar-refractivity contribution >= 4 is 28.7 Å². The number of nitro benzene ring substituents is 1. The van der Waals surface area contributed by atoms with Crippen LogP contribution in [0.3, 0.4) is 0 Å². The summed E-state index contributed by atoms with van der Waals surface area (Å²) in [6.07, 6.45) is 0. The number of rotatable bonds is 4. The quantitative estimate of drug-likeness (QED) is 0.289. The van der Waals surface area contributed by atoms with E-state index in [9.17, 15) is 14.9 Å². The van der Waals surface area contributed by atoms with E-state index in [1.54, 1.807) is 6.92 Å². The maximum absolute atomic E-state index is 11.3. The Hall–Kier alpha value is -2.44. The highest BCUT2D eigenvalue weighted by molar-refractivity contribution is 6.36. The van der Waals surface area contributed by atoms with Crippen LogP contribution in [0.25, 0.3) is 0 Å². The van der Waals surface area contributed by atoms with E-state index < -0.39 is 10.9 Å². The number of ether oxygens (including phenoxy) is 1. The highest BCUT2D eigenvalue weighted by Crippen LogP contribution is 2.26. The zero-order chi connectivity index (χ0) is 13.7. The first kappa shape index (κ1) is 13.6. The van der Waals surface area contributed by atoms with Gasteiger partial charge in [0.05, 0.1) is 22.9 Å². The lowest BCUT2D eigenvalue weighted by atomic mass is 10.2. The molecule has 0 aromatic heterocycles. The normalized spacial score (nSPS) is 11.1. The van der Waals surface area contributed by atoms with Crippen LogP contribution in [0.4, 0.5) is 17.1 Å². The maximum atomic E-state index is 11.3. The number of nitrogens with two attached hydrogens (primary N) is 1. The van der Waals surface area contributed by atoms with Crippen molar-refractivity contribution in [2.24, 2.45) is 4.99 Å². The van der Waals surface area contributed by atoms with Gasteiger partial charge in [-0.2, -0.15) is 0 Å². The number of carbonyl (C=O) groups excluding carboxylic acids is 1. The Morgan fingerprint density at radius 2 is 2.22 bits per heavy atom. The van der Waals surface area contributed by atoms with Gasteiger partial charge in [0.15, 0.2) is 0 Å². The molecule has 96 valence electrons. The van der Waals surface area contributed by atoms with Crippen molar-refractivity contribution < 1.29 is 14.5 Å². The van der Waals surface area contributed by atoms with E-state index in [-0.39, 0.29) is 23.7 Å². The first-order chi connectivity index (χ1) is 8.45. The van der Waals surface area contributed by atoms with Crippen LogP contribution in [0.15, 0.2) is 23.2 Å². The lowest BCUT2D eigenvalue weighted by molar-refractivity contribution is -0.384. The van der Waals surface area contributed by atoms with Gasteiger partial charge >= 0.3 is 5.97 Å². The molecule has 0 bridgehead atoms. The van der Waals surface area contributed by atoms with Crippen LogP contribution >= 0.6 is 0 Å². The zero-order valence-electron chi connectivity index (χ0n) is 10.0. The topological polar surface area (TPSA) is 108 Å². The zero-order valence-corrected chi connectivity index (χ0v) is 10.0. The molecule has 0 atom stereocenters. The van der Waals surface area contributed by atoms with Crippen LogP contribution in [-0.2, 0) is 9.53 Å². The third kappa shape index (κ3) is 3.27. The van der Waals surface area contributed by atoms with E-state index >= 15 is 0 Å². The summed E-state index contributed by atoms with van der Waals surface area (Å²) in [4.78, 5) is 25.3. The monoisotopic (exact) mass is 251 g/mol. The van der Waals surface area contributed by atoms with Gasteiger partial charge in [0.2, 0.25) is 0 Å². The van der Waals surface area contributed by atoms with Crippen molar-refractivity contribution in [1.82, 2.24) is 0 Å². The number of benzene rings is 1. The minimum atomic E-state index is -0.554. The van der Waals surface area contributed by atoms with Crippen LogP contribution in [0.5, 0.6) is 0 Å². The van der Waals surface area contributed by atoms with E-state index in [4.69, 9.17) is 10.5 Å². The number of hydrogen-bond acceptors (Lipinski definition) is 6. The van der Waals surface area contributed by atoms with E-state index in [2.05, 4.69) is 4.99 Å². The number of nitrogen functional groups attached to an aromatic ring is 1. The maximum Gasteiger partial charge on any atom is 0.352 e. The van der Waals surface area contributed by atoms with Gasteiger partial charge in [-0.05, 0) is 19.9 Å². The highest BCUT2D eigenvalue weighted by Gasteiger charge is 2.11. The van der Waals surface area contributed by atoms with Crippen molar-refractivity contribution in [3.8, 4) is 0 Å². The molecule has 0 fully saturated rings. The molecule has 1 aromatic carbocycles. The number of anilines is 1. The average Bonchev–Trinajstić information content (AvgIpc) is 2.31. The highest BCUT2D eigenvalue weighted by atomic mass is 16.6. The molecule has 18 heavy (non-hydrogen) atoms. The van der Waals surface area contributed by atoms with Crippen molar-refractivity contribution in [1.29, 1.82) is 0 Å². The summed E-state index contributed by atoms with van der Waals surface area (Å²) in [6.45, 7) is 3.42. The molecular weight excluding hydrogens is 238 g/mol. The second-order valence-corrected chi connectivity index (χ2v) is 3.42. The summed E-state index contributed by atoms with van der Waals surface area (Å²) >= 11 is 0. The van der Waals surface area contributed by atoms with Crippen LogP contribution in [0.2, 0.25) is 0 Å². The van der Waals surface area contributed by atoms with Crippen molar-refractivity contribution in [3.63, 3.8) is 0 Å². The minimum Gasteiger partial charge on any atom is -0.462 e. The lowest BCUT2D eigenvalue weighted by Crippen LogP contribution is -2.13. The summed E-state index contributed by atoms with van der Waals surface area (Å²) in [6, 6.07) is 3.85. The van der Waals surface area contributed by atoms with Crippen molar-refractivity contribution in [2.75, 3.05) is 12.3 Å². The standard InChI is InChI=1S/C11H13N3O4/c1-3-18-11(15)7(2)13-10-5-4-8(14(16)17)6-9(10)12/h4-6H,3,12H2,1-2H3. The van der Waals surface area contributed by atoms with Gasteiger partial charge in [-0.25, -0.2) is 9.79 Å². The molecule has 0 aliphatic heterocycles. The SMILES string of the molecule is CCOC(=O)C(C)=Nc1ccc([N+](=O)[O-])cc1N. The lowest BCUT2D eigenvalue weighted by Gasteiger charge is -2.03. The van der Waals surface area contributed by atoms with Gasteiger partial charge in [0.25, 0.3) is 5.69 Å². The van der Waals surface area contributed by atoms with Gasteiger partial charge in [-0.15, -0.1) is 0 Å². The first-order valence-corrected chi connectivity index (χ1v) is 5.22. The Labute approximate surface area is 103 Å². The minimum absolute atomic E-state index is 0.125. The Balaban J connectivity index is 3.01. The average molecular weight is 251 g/mol. The molecule has 0 saturated heterocycles. The molecule has 7 heteroatoms. The molecule has 0 spiro atoms. The molecule has 0 aliphatic carbocycles. The number of aliphatic imine (C=N–C) groups is 1. The second kappa shape index (κ2) is 5.76. The van der Waals surface area contributed by atoms with Gasteiger partial charge in [0.1, 0.15) is 5.71 Å². The molecule has 0 unspecified atom stereocenters. The van der Waals surface area contributed by atoms with Crippen LogP contribution < -0.4 is 5.73 Å². The molecule has 0 heterocycles. The number of hydrogen-bond donors (Lipinski definition) is 1. The number of nitrogens with zero attached hydrogens (tertiary/aromatic N) is 2. The van der Waals surface area contributed by atoms with Gasteiger partial charge < -0.3 is 10.5 Å². The Morgan fingerprint density at radius 3 is 2.72 bits per heavy atom. The van der Waals surface area contributed by atoms with E-state index in [0.717, 1.165) is 0 Å². The number of carbonyl (C=O) groups is 1. The molecule has 0 saturated carbocycles. The molecule has 0 aliphatic rings. The third-order valence-corrected chi connectivity index (χ3v) is 2.08. The molecule has 0 amide bonds. The van der Waals surface area contributed by atoms with Crippen LogP contribution in [0.1, 0.15) is 13.8 Å². The van der Waals surface area contributed by atoms with E-state index in [1.165, 1.54) is 25.1 Å². The van der Waals surface area contributed by atoms with Crippen LogP contribution in [0, 0.1) is 10.1 Å². The predicted molar refractivity (Wildman–Crippen MR) is 66.9 cm³/mol. The molecule has 1 rings (SSSR count). The second-order valence-electron chi connectivity index (χ2n) is 3.42. The van der Waals surface area contributed by atoms with Gasteiger partial charge in [0, 0.05) is 12.1 Å². The van der Waals surface area contributed by atoms with Gasteiger partial charge in [-0.1, -0.05) is 0 Å². The summed E-state index contributed by atoms with van der Waals surface area (Å²) < 4.78 is 4.76. The smallest absolute Gasteiger partial charge is 0.352 e. The predicted octanol–water partition coefficient (Wildman–Crippen LogP) is 1.83. The summed E-state index contributed by atoms with van der Waals surface area (Å²) in [5.41, 5.74) is 6.06. The first-order valence-electron chi connectivity index (χ1n) is 5.22. The Kier molecular flexibility index (Phi) is 4.36. The number of esters is 1.